The van der Waals surface area contributed by atoms with Crippen molar-refractivity contribution in [2.75, 3.05) is 0 Å². The van der Waals surface area contributed by atoms with Crippen LogP contribution in [0.15, 0.2) is 24.3 Å². The summed E-state index contributed by atoms with van der Waals surface area (Å²) in [6.07, 6.45) is 19.4. The van der Waals surface area contributed by atoms with Crippen LogP contribution in [0.1, 0.15) is 102 Å². The van der Waals surface area contributed by atoms with Gasteiger partial charge in [-0.2, -0.15) is 0 Å². The fraction of sp³-hybridized carbons (Fsp3) is 0.727. The van der Waals surface area contributed by atoms with E-state index in [1.807, 2.05) is 0 Å². The van der Waals surface area contributed by atoms with E-state index in [2.05, 4.69) is 38.1 Å². The molecule has 1 rings (SSSR count). The Morgan fingerprint density at radius 1 is 0.522 bits per heavy atom. The van der Waals surface area contributed by atoms with Crippen molar-refractivity contribution in [1.29, 1.82) is 0 Å². The Labute approximate surface area is 148 Å². The third-order valence-electron chi connectivity index (χ3n) is 4.72. The first-order valence-electron chi connectivity index (χ1n) is 9.95. The molecule has 0 N–H and O–H groups in total. The summed E-state index contributed by atoms with van der Waals surface area (Å²) >= 11 is 0. The molecule has 0 aliphatic rings. The molecule has 0 amide bonds. The molecular weight excluding hydrogens is 275 g/mol. The van der Waals surface area contributed by atoms with Crippen LogP contribution in [-0.4, -0.2) is 8.41 Å². The van der Waals surface area contributed by atoms with Crippen LogP contribution in [0.5, 0.6) is 0 Å². The van der Waals surface area contributed by atoms with Crippen molar-refractivity contribution in [3.63, 3.8) is 0 Å². The third kappa shape index (κ3) is 11.5. The predicted octanol–water partition coefficient (Wildman–Crippen LogP) is 7.11. The van der Waals surface area contributed by atoms with Gasteiger partial charge in [-0.1, -0.05) is 102 Å². The molecule has 23 heavy (non-hydrogen) atoms. The van der Waals surface area contributed by atoms with Gasteiger partial charge < -0.3 is 0 Å². The van der Waals surface area contributed by atoms with Gasteiger partial charge in [0.15, 0.2) is 0 Å². The lowest BCUT2D eigenvalue weighted by Gasteiger charge is -2.09. The van der Waals surface area contributed by atoms with E-state index in [-0.39, 0.29) is 8.41 Å². The molecule has 0 bridgehead atoms. The first-order chi connectivity index (χ1) is 10.9. The van der Waals surface area contributed by atoms with Crippen LogP contribution in [0.25, 0.3) is 0 Å². The molecular formula is C22H38B. The normalized spacial score (nSPS) is 10.5. The van der Waals surface area contributed by atoms with Gasteiger partial charge in [-0.05, 0) is 36.8 Å². The van der Waals surface area contributed by atoms with Crippen LogP contribution in [0.2, 0.25) is 0 Å². The van der Waals surface area contributed by atoms with Crippen molar-refractivity contribution in [3.05, 3.63) is 35.4 Å². The third-order valence-corrected chi connectivity index (χ3v) is 4.72. The van der Waals surface area contributed by atoms with Crippen LogP contribution >= 0.6 is 0 Å². The maximum Gasteiger partial charge on any atom is 0 e. The standard InChI is InChI=1S/C22H38.B/c1-3-5-7-9-11-13-17-21-19-15-16-20-22(21)18-14-12-10-8-6-4-2;/h15-16,19-20H,3-14,17-18H2,1-2H3;. The second kappa shape index (κ2) is 16.2. The second-order valence-corrected chi connectivity index (χ2v) is 6.80. The lowest BCUT2D eigenvalue weighted by atomic mass is 9.96. The van der Waals surface area contributed by atoms with Gasteiger partial charge in [0, 0.05) is 8.41 Å². The van der Waals surface area contributed by atoms with Crippen LogP contribution in [0.3, 0.4) is 0 Å². The van der Waals surface area contributed by atoms with E-state index in [1.165, 1.54) is 89.9 Å². The average Bonchev–Trinajstić information content (AvgIpc) is 2.55. The molecule has 0 fully saturated rings. The molecule has 0 unspecified atom stereocenters. The average molecular weight is 313 g/mol. The van der Waals surface area contributed by atoms with Crippen LogP contribution < -0.4 is 0 Å². The van der Waals surface area contributed by atoms with Crippen LogP contribution in [0, 0.1) is 0 Å². The monoisotopic (exact) mass is 313 g/mol. The smallest absolute Gasteiger partial charge is 0 e. The van der Waals surface area contributed by atoms with E-state index in [0.717, 1.165) is 0 Å². The summed E-state index contributed by atoms with van der Waals surface area (Å²) in [5.41, 5.74) is 3.23. The van der Waals surface area contributed by atoms with Crippen molar-refractivity contribution in [3.8, 4) is 0 Å². The predicted molar refractivity (Wildman–Crippen MR) is 106 cm³/mol. The molecule has 0 heterocycles. The van der Waals surface area contributed by atoms with E-state index >= 15 is 0 Å². The van der Waals surface area contributed by atoms with Crippen molar-refractivity contribution in [2.45, 2.75) is 104 Å². The van der Waals surface area contributed by atoms with Gasteiger partial charge in [0.2, 0.25) is 0 Å². The molecule has 0 saturated heterocycles. The van der Waals surface area contributed by atoms with E-state index in [1.54, 1.807) is 11.1 Å². The summed E-state index contributed by atoms with van der Waals surface area (Å²) in [5, 5.41) is 0. The highest BCUT2D eigenvalue weighted by Gasteiger charge is 2.02. The summed E-state index contributed by atoms with van der Waals surface area (Å²) in [6, 6.07) is 9.16. The first kappa shape index (κ1) is 22.3. The number of aryl methyl sites for hydroxylation is 2. The zero-order chi connectivity index (χ0) is 15.9. The first-order valence-corrected chi connectivity index (χ1v) is 9.95. The maximum atomic E-state index is 2.36. The fourth-order valence-electron chi connectivity index (χ4n) is 3.24. The molecule has 3 radical (unpaired) electrons. The summed E-state index contributed by atoms with van der Waals surface area (Å²) in [6.45, 7) is 4.58. The molecule has 0 atom stereocenters. The Bertz CT molecular complexity index is 324. The highest BCUT2D eigenvalue weighted by Crippen LogP contribution is 2.17. The van der Waals surface area contributed by atoms with Crippen molar-refractivity contribution in [1.82, 2.24) is 0 Å². The largest absolute Gasteiger partial charge is 0.0654 e. The summed E-state index contributed by atoms with van der Waals surface area (Å²) in [4.78, 5) is 0. The lowest BCUT2D eigenvalue weighted by Crippen LogP contribution is -1.95. The van der Waals surface area contributed by atoms with Crippen LogP contribution in [0.4, 0.5) is 0 Å². The summed E-state index contributed by atoms with van der Waals surface area (Å²) < 4.78 is 0. The minimum Gasteiger partial charge on any atom is -0.0654 e. The molecule has 0 saturated carbocycles. The molecule has 1 aromatic carbocycles. The number of unbranched alkanes of at least 4 members (excludes halogenated alkanes) is 10. The molecule has 1 heteroatoms. The number of benzene rings is 1. The van der Waals surface area contributed by atoms with E-state index in [9.17, 15) is 0 Å². The lowest BCUT2D eigenvalue weighted by molar-refractivity contribution is 0.599. The highest BCUT2D eigenvalue weighted by molar-refractivity contribution is 5.75. The van der Waals surface area contributed by atoms with Gasteiger partial charge in [0.05, 0.1) is 0 Å². The molecule has 0 aromatic heterocycles. The van der Waals surface area contributed by atoms with Crippen molar-refractivity contribution >= 4 is 8.41 Å². The second-order valence-electron chi connectivity index (χ2n) is 6.80. The SMILES string of the molecule is CCCCCCCCc1ccccc1CCCCCCCC.[B]. The highest BCUT2D eigenvalue weighted by atomic mass is 14.1. The van der Waals surface area contributed by atoms with E-state index in [0.29, 0.717) is 0 Å². The topological polar surface area (TPSA) is 0 Å². The Morgan fingerprint density at radius 3 is 1.26 bits per heavy atom. The summed E-state index contributed by atoms with van der Waals surface area (Å²) in [7, 11) is 0. The molecule has 0 nitrogen and oxygen atoms in total. The molecule has 0 aliphatic heterocycles. The van der Waals surface area contributed by atoms with E-state index < -0.39 is 0 Å². The maximum absolute atomic E-state index is 2.36. The minimum absolute atomic E-state index is 0. The Balaban J connectivity index is 0.00000484. The summed E-state index contributed by atoms with van der Waals surface area (Å²) in [5.74, 6) is 0. The van der Waals surface area contributed by atoms with Crippen LogP contribution in [-0.2, 0) is 12.8 Å². The number of rotatable bonds is 14. The van der Waals surface area contributed by atoms with Gasteiger partial charge in [-0.15, -0.1) is 0 Å². The van der Waals surface area contributed by atoms with Gasteiger partial charge in [0.1, 0.15) is 0 Å². The Morgan fingerprint density at radius 2 is 0.870 bits per heavy atom. The number of hydrogen-bond acceptors (Lipinski definition) is 0. The molecule has 0 aliphatic carbocycles. The van der Waals surface area contributed by atoms with Gasteiger partial charge in [-0.3, -0.25) is 0 Å². The molecule has 1 aromatic rings. The zero-order valence-electron chi connectivity index (χ0n) is 15.8. The van der Waals surface area contributed by atoms with E-state index in [4.69, 9.17) is 0 Å². The minimum atomic E-state index is 0. The van der Waals surface area contributed by atoms with Crippen molar-refractivity contribution < 1.29 is 0 Å². The molecule has 0 spiro atoms. The van der Waals surface area contributed by atoms with Gasteiger partial charge in [0.25, 0.3) is 0 Å². The Kier molecular flexibility index (Phi) is 15.7. The zero-order valence-corrected chi connectivity index (χ0v) is 15.8. The van der Waals surface area contributed by atoms with Gasteiger partial charge in [-0.25, -0.2) is 0 Å². The number of hydrogen-bond donors (Lipinski definition) is 0. The fourth-order valence-corrected chi connectivity index (χ4v) is 3.24. The Hall–Kier alpha value is -0.715. The van der Waals surface area contributed by atoms with Crippen molar-refractivity contribution in [2.24, 2.45) is 0 Å². The van der Waals surface area contributed by atoms with Gasteiger partial charge >= 0.3 is 0 Å². The molecule has 129 valence electrons. The quantitative estimate of drug-likeness (QED) is 0.253.